The maximum atomic E-state index is 13.2. The van der Waals surface area contributed by atoms with Gasteiger partial charge in [-0.15, -0.1) is 0 Å². The van der Waals surface area contributed by atoms with Gasteiger partial charge in [0, 0.05) is 25.3 Å². The van der Waals surface area contributed by atoms with Crippen molar-refractivity contribution in [3.05, 3.63) is 35.4 Å². The average molecular weight is 401 g/mol. The lowest BCUT2D eigenvalue weighted by atomic mass is 9.94. The van der Waals surface area contributed by atoms with Crippen molar-refractivity contribution in [2.45, 2.75) is 51.5 Å². The zero-order valence-electron chi connectivity index (χ0n) is 16.8. The summed E-state index contributed by atoms with van der Waals surface area (Å²) in [6.45, 7) is 1.77. The van der Waals surface area contributed by atoms with Crippen molar-refractivity contribution in [1.82, 2.24) is 15.3 Å². The van der Waals surface area contributed by atoms with E-state index >= 15 is 0 Å². The van der Waals surface area contributed by atoms with Crippen molar-refractivity contribution >= 4 is 23.6 Å². The molecule has 1 aromatic carbocycles. The number of hydrogen-bond donors (Lipinski definition) is 2. The molecule has 1 saturated heterocycles. The number of aryl methyl sites for hydroxylation is 2. The SMILES string of the molecule is Cc1ccc(CCC2(C(=O)N(C)C(CN3C(=O)CCC3=O)C(=O)NO)CC2)cc1. The van der Waals surface area contributed by atoms with Gasteiger partial charge in [-0.25, -0.2) is 5.48 Å². The quantitative estimate of drug-likeness (QED) is 0.387. The molecule has 1 saturated carbocycles. The smallest absolute Gasteiger partial charge is 0.267 e. The molecule has 4 amide bonds. The first-order valence-electron chi connectivity index (χ1n) is 9.87. The lowest BCUT2D eigenvalue weighted by Gasteiger charge is -2.32. The van der Waals surface area contributed by atoms with E-state index < -0.39 is 17.4 Å². The second kappa shape index (κ2) is 8.32. The van der Waals surface area contributed by atoms with Crippen LogP contribution in [-0.2, 0) is 25.6 Å². The van der Waals surface area contributed by atoms with Gasteiger partial charge in [-0.1, -0.05) is 29.8 Å². The Morgan fingerprint density at radius 3 is 2.28 bits per heavy atom. The van der Waals surface area contributed by atoms with Crippen molar-refractivity contribution in [2.75, 3.05) is 13.6 Å². The molecule has 0 bridgehead atoms. The molecule has 2 fully saturated rings. The summed E-state index contributed by atoms with van der Waals surface area (Å²) in [6.07, 6.45) is 3.08. The third-order valence-electron chi connectivity index (χ3n) is 6.03. The number of hydrogen-bond acceptors (Lipinski definition) is 5. The summed E-state index contributed by atoms with van der Waals surface area (Å²) in [4.78, 5) is 51.5. The maximum absolute atomic E-state index is 13.2. The van der Waals surface area contributed by atoms with Gasteiger partial charge >= 0.3 is 0 Å². The number of benzene rings is 1. The summed E-state index contributed by atoms with van der Waals surface area (Å²) in [5.41, 5.74) is 3.35. The second-order valence-corrected chi connectivity index (χ2v) is 8.07. The van der Waals surface area contributed by atoms with Gasteiger partial charge in [0.05, 0.1) is 6.54 Å². The highest BCUT2D eigenvalue weighted by Crippen LogP contribution is 2.51. The monoisotopic (exact) mass is 401 g/mol. The van der Waals surface area contributed by atoms with Gasteiger partial charge in [0.25, 0.3) is 5.91 Å². The molecule has 29 heavy (non-hydrogen) atoms. The van der Waals surface area contributed by atoms with Gasteiger partial charge < -0.3 is 4.90 Å². The van der Waals surface area contributed by atoms with Gasteiger partial charge in [0.15, 0.2) is 0 Å². The van der Waals surface area contributed by atoms with Crippen molar-refractivity contribution in [1.29, 1.82) is 0 Å². The summed E-state index contributed by atoms with van der Waals surface area (Å²) >= 11 is 0. The Bertz CT molecular complexity index is 800. The number of imide groups is 1. The van der Waals surface area contributed by atoms with E-state index in [0.29, 0.717) is 6.42 Å². The van der Waals surface area contributed by atoms with Crippen LogP contribution in [0.15, 0.2) is 24.3 Å². The Morgan fingerprint density at radius 1 is 1.17 bits per heavy atom. The zero-order valence-corrected chi connectivity index (χ0v) is 16.8. The molecule has 3 rings (SSSR count). The third kappa shape index (κ3) is 4.48. The first-order chi connectivity index (χ1) is 13.8. The van der Waals surface area contributed by atoms with Crippen molar-refractivity contribution < 1.29 is 24.4 Å². The molecular weight excluding hydrogens is 374 g/mol. The minimum Gasteiger partial charge on any atom is -0.331 e. The van der Waals surface area contributed by atoms with Crippen LogP contribution >= 0.6 is 0 Å². The van der Waals surface area contributed by atoms with E-state index in [4.69, 9.17) is 5.21 Å². The molecule has 1 aromatic rings. The number of likely N-dealkylation sites (N-methyl/N-ethyl adjacent to an activating group) is 1. The van der Waals surface area contributed by atoms with Crippen LogP contribution in [0.25, 0.3) is 0 Å². The van der Waals surface area contributed by atoms with E-state index in [1.807, 2.05) is 31.2 Å². The summed E-state index contributed by atoms with van der Waals surface area (Å²) in [5.74, 6) is -1.75. The van der Waals surface area contributed by atoms with Crippen LogP contribution in [0.2, 0.25) is 0 Å². The Hall–Kier alpha value is -2.74. The average Bonchev–Trinajstić information content (AvgIpc) is 3.45. The number of likely N-dealkylation sites (tertiary alicyclic amines) is 1. The molecule has 1 unspecified atom stereocenters. The van der Waals surface area contributed by atoms with Gasteiger partial charge in [-0.05, 0) is 38.2 Å². The van der Waals surface area contributed by atoms with Crippen LogP contribution < -0.4 is 5.48 Å². The second-order valence-electron chi connectivity index (χ2n) is 8.07. The molecular formula is C21H27N3O5. The predicted molar refractivity (Wildman–Crippen MR) is 104 cm³/mol. The minimum atomic E-state index is -1.13. The Balaban J connectivity index is 1.69. The fourth-order valence-electron chi connectivity index (χ4n) is 3.83. The Labute approximate surface area is 169 Å². The van der Waals surface area contributed by atoms with E-state index in [2.05, 4.69) is 0 Å². The van der Waals surface area contributed by atoms with Crippen molar-refractivity contribution in [2.24, 2.45) is 5.41 Å². The van der Waals surface area contributed by atoms with E-state index in [1.165, 1.54) is 17.5 Å². The molecule has 8 heteroatoms. The van der Waals surface area contributed by atoms with E-state index in [0.717, 1.165) is 29.7 Å². The van der Waals surface area contributed by atoms with Crippen LogP contribution in [0.3, 0.4) is 0 Å². The molecule has 2 aliphatic rings. The van der Waals surface area contributed by atoms with Crippen LogP contribution in [0.4, 0.5) is 0 Å². The lowest BCUT2D eigenvalue weighted by molar-refractivity contribution is -0.150. The summed E-state index contributed by atoms with van der Waals surface area (Å²) in [5, 5.41) is 9.11. The summed E-state index contributed by atoms with van der Waals surface area (Å²) in [7, 11) is 1.49. The number of rotatable bonds is 8. The van der Waals surface area contributed by atoms with Gasteiger partial charge in [-0.2, -0.15) is 0 Å². The van der Waals surface area contributed by atoms with Gasteiger partial charge in [0.1, 0.15) is 6.04 Å². The van der Waals surface area contributed by atoms with Crippen LogP contribution in [0, 0.1) is 12.3 Å². The number of carbonyl (C=O) groups excluding carboxylic acids is 4. The molecule has 1 atom stereocenters. The fourth-order valence-corrected chi connectivity index (χ4v) is 3.83. The molecule has 0 radical (unpaired) electrons. The zero-order chi connectivity index (χ0) is 21.2. The number of carbonyl (C=O) groups is 4. The number of hydroxylamine groups is 1. The Kier molecular flexibility index (Phi) is 6.02. The van der Waals surface area contributed by atoms with Gasteiger partial charge in [0.2, 0.25) is 17.7 Å². The fraction of sp³-hybridized carbons (Fsp3) is 0.524. The highest BCUT2D eigenvalue weighted by atomic mass is 16.5. The maximum Gasteiger partial charge on any atom is 0.267 e. The number of nitrogens with zero attached hydrogens (tertiary/aromatic N) is 2. The van der Waals surface area contributed by atoms with Crippen molar-refractivity contribution in [3.63, 3.8) is 0 Å². The molecule has 1 aliphatic carbocycles. The van der Waals surface area contributed by atoms with E-state index in [1.54, 1.807) is 5.48 Å². The summed E-state index contributed by atoms with van der Waals surface area (Å²) in [6, 6.07) is 7.04. The first-order valence-corrected chi connectivity index (χ1v) is 9.87. The topological polar surface area (TPSA) is 107 Å². The molecule has 1 aliphatic heterocycles. The highest BCUT2D eigenvalue weighted by Gasteiger charge is 2.52. The van der Waals surface area contributed by atoms with Crippen LogP contribution in [0.1, 0.15) is 43.2 Å². The highest BCUT2D eigenvalue weighted by molar-refractivity contribution is 6.02. The molecule has 156 valence electrons. The summed E-state index contributed by atoms with van der Waals surface area (Å²) < 4.78 is 0. The van der Waals surface area contributed by atoms with E-state index in [-0.39, 0.29) is 37.1 Å². The standard InChI is InChI=1S/C21H27N3O5/c1-14-3-5-15(6-4-14)9-10-21(11-12-21)20(28)23(2)16(19(27)22-29)13-24-17(25)7-8-18(24)26/h3-6,16,29H,7-13H2,1-2H3,(H,22,27). The number of nitrogens with one attached hydrogen (secondary N) is 1. The molecule has 2 N–H and O–H groups in total. The predicted octanol–water partition coefficient (Wildman–Crippen LogP) is 1.19. The Morgan fingerprint density at radius 2 is 1.76 bits per heavy atom. The lowest BCUT2D eigenvalue weighted by Crippen LogP contribution is -2.55. The largest absolute Gasteiger partial charge is 0.331 e. The molecule has 1 heterocycles. The van der Waals surface area contributed by atoms with Crippen molar-refractivity contribution in [3.8, 4) is 0 Å². The van der Waals surface area contributed by atoms with Crippen LogP contribution in [-0.4, -0.2) is 58.3 Å². The normalized spacial score (nSPS) is 18.5. The molecule has 0 spiro atoms. The van der Waals surface area contributed by atoms with E-state index in [9.17, 15) is 19.2 Å². The third-order valence-corrected chi connectivity index (χ3v) is 6.03. The minimum absolute atomic E-state index is 0.102. The molecule has 0 aromatic heterocycles. The van der Waals surface area contributed by atoms with Gasteiger partial charge in [-0.3, -0.25) is 29.3 Å². The first kappa shape index (κ1) is 21.0. The van der Waals surface area contributed by atoms with Crippen LogP contribution in [0.5, 0.6) is 0 Å². The number of amides is 4. The molecule has 8 nitrogen and oxygen atoms in total.